The molecule has 0 saturated heterocycles. The quantitative estimate of drug-likeness (QED) is 0.678. The molecule has 1 saturated carbocycles. The highest BCUT2D eigenvalue weighted by Crippen LogP contribution is 2.32. The van der Waals surface area contributed by atoms with Crippen molar-refractivity contribution in [2.45, 2.75) is 32.1 Å². The van der Waals surface area contributed by atoms with E-state index < -0.39 is 0 Å². The Morgan fingerprint density at radius 3 is 2.65 bits per heavy atom. The highest BCUT2D eigenvalue weighted by atomic mass is 35.5. The fourth-order valence-corrected chi connectivity index (χ4v) is 2.59. The van der Waals surface area contributed by atoms with Crippen LogP contribution in [0, 0.1) is 5.92 Å². The average Bonchev–Trinajstić information content (AvgIpc) is 3.12. The molecule has 0 unspecified atom stereocenters. The molecule has 1 aromatic carbocycles. The van der Waals surface area contributed by atoms with Crippen LogP contribution < -0.4 is 4.90 Å². The van der Waals surface area contributed by atoms with E-state index in [0.717, 1.165) is 23.0 Å². The van der Waals surface area contributed by atoms with Crippen molar-refractivity contribution in [1.29, 1.82) is 0 Å². The number of benzene rings is 1. The second kappa shape index (κ2) is 5.97. The summed E-state index contributed by atoms with van der Waals surface area (Å²) in [7, 11) is 0. The molecule has 1 aromatic rings. The molecule has 2 rings (SSSR count). The van der Waals surface area contributed by atoms with Gasteiger partial charge in [0, 0.05) is 29.7 Å². The smallest absolute Gasteiger partial charge is 0.0488 e. The van der Waals surface area contributed by atoms with E-state index in [0.29, 0.717) is 5.88 Å². The second-order valence-corrected chi connectivity index (χ2v) is 5.47. The van der Waals surface area contributed by atoms with Crippen LogP contribution in [0.25, 0.3) is 0 Å². The first-order valence-corrected chi connectivity index (χ1v) is 7.25. The van der Waals surface area contributed by atoms with E-state index in [9.17, 15) is 0 Å². The lowest BCUT2D eigenvalue weighted by Gasteiger charge is -2.25. The van der Waals surface area contributed by atoms with E-state index in [-0.39, 0.29) is 0 Å². The molecule has 0 atom stereocenters. The minimum absolute atomic E-state index is 0.482. The molecule has 0 radical (unpaired) electrons. The Kier molecular flexibility index (Phi) is 4.58. The molecule has 0 aliphatic heterocycles. The Morgan fingerprint density at radius 1 is 1.35 bits per heavy atom. The molecule has 1 aliphatic carbocycles. The Labute approximate surface area is 114 Å². The lowest BCUT2D eigenvalue weighted by Crippen LogP contribution is -2.26. The third-order valence-electron chi connectivity index (χ3n) is 3.21. The fourth-order valence-electron chi connectivity index (χ4n) is 2.05. The van der Waals surface area contributed by atoms with Gasteiger partial charge >= 0.3 is 0 Å². The Balaban J connectivity index is 2.13. The molecular weight excluding hydrogens is 253 g/mol. The third-order valence-corrected chi connectivity index (χ3v) is 3.85. The highest BCUT2D eigenvalue weighted by Gasteiger charge is 2.24. The summed E-state index contributed by atoms with van der Waals surface area (Å²) in [4.78, 5) is 2.45. The van der Waals surface area contributed by atoms with Crippen LogP contribution in [0.2, 0.25) is 5.02 Å². The van der Waals surface area contributed by atoms with Crippen molar-refractivity contribution < 1.29 is 0 Å². The monoisotopic (exact) mass is 271 g/mol. The lowest BCUT2D eigenvalue weighted by molar-refractivity contribution is 0.708. The van der Waals surface area contributed by atoms with Crippen LogP contribution in [0.4, 0.5) is 5.69 Å². The van der Waals surface area contributed by atoms with Gasteiger partial charge in [0.1, 0.15) is 0 Å². The van der Waals surface area contributed by atoms with Crippen LogP contribution in [0.15, 0.2) is 18.2 Å². The van der Waals surface area contributed by atoms with E-state index in [2.05, 4.69) is 24.0 Å². The van der Waals surface area contributed by atoms with Gasteiger partial charge in [0.25, 0.3) is 0 Å². The van der Waals surface area contributed by atoms with Crippen molar-refractivity contribution >= 4 is 28.9 Å². The molecule has 0 heterocycles. The minimum Gasteiger partial charge on any atom is -0.371 e. The average molecular weight is 272 g/mol. The molecule has 1 aliphatic rings. The Bertz CT molecular complexity index is 374. The lowest BCUT2D eigenvalue weighted by atomic mass is 10.2. The summed E-state index contributed by atoms with van der Waals surface area (Å²) in [6, 6.07) is 6.24. The maximum atomic E-state index is 6.21. The van der Waals surface area contributed by atoms with Gasteiger partial charge in [0.2, 0.25) is 0 Å². The summed E-state index contributed by atoms with van der Waals surface area (Å²) in [6.07, 6.45) is 3.93. The molecular formula is C14H19Cl2N. The standard InChI is InChI=1S/C14H19Cl2N/c1-2-7-17(10-11-3-4-11)13-6-5-12(9-15)14(16)8-13/h5-6,8,11H,2-4,7,9-10H2,1H3. The molecule has 1 nitrogen and oxygen atoms in total. The number of anilines is 1. The van der Waals surface area contributed by atoms with Gasteiger partial charge in [-0.05, 0) is 42.9 Å². The van der Waals surface area contributed by atoms with E-state index in [1.165, 1.54) is 31.5 Å². The van der Waals surface area contributed by atoms with Crippen LogP contribution in [-0.2, 0) is 5.88 Å². The van der Waals surface area contributed by atoms with Crippen molar-refractivity contribution in [2.75, 3.05) is 18.0 Å². The Morgan fingerprint density at radius 2 is 2.12 bits per heavy atom. The van der Waals surface area contributed by atoms with Gasteiger partial charge in [0.05, 0.1) is 0 Å². The SMILES string of the molecule is CCCN(CC1CC1)c1ccc(CCl)c(Cl)c1. The summed E-state index contributed by atoms with van der Waals surface area (Å²) < 4.78 is 0. The van der Waals surface area contributed by atoms with Crippen molar-refractivity contribution in [3.05, 3.63) is 28.8 Å². The van der Waals surface area contributed by atoms with Crippen LogP contribution in [0.5, 0.6) is 0 Å². The maximum absolute atomic E-state index is 6.21. The molecule has 0 aromatic heterocycles. The Hall–Kier alpha value is -0.400. The van der Waals surface area contributed by atoms with Gasteiger partial charge in [-0.3, -0.25) is 0 Å². The van der Waals surface area contributed by atoms with Crippen molar-refractivity contribution in [1.82, 2.24) is 0 Å². The zero-order chi connectivity index (χ0) is 12.3. The van der Waals surface area contributed by atoms with Crippen LogP contribution in [0.1, 0.15) is 31.7 Å². The minimum atomic E-state index is 0.482. The first-order chi connectivity index (χ1) is 8.24. The number of halogens is 2. The van der Waals surface area contributed by atoms with E-state index in [4.69, 9.17) is 23.2 Å². The van der Waals surface area contributed by atoms with Gasteiger partial charge < -0.3 is 4.90 Å². The van der Waals surface area contributed by atoms with Gasteiger partial charge in [-0.1, -0.05) is 24.6 Å². The van der Waals surface area contributed by atoms with Crippen LogP contribution in [-0.4, -0.2) is 13.1 Å². The maximum Gasteiger partial charge on any atom is 0.0488 e. The van der Waals surface area contributed by atoms with Gasteiger partial charge in [-0.15, -0.1) is 11.6 Å². The first-order valence-electron chi connectivity index (χ1n) is 6.34. The first kappa shape index (κ1) is 13.0. The van der Waals surface area contributed by atoms with Crippen molar-refractivity contribution in [2.24, 2.45) is 5.92 Å². The van der Waals surface area contributed by atoms with Gasteiger partial charge in [-0.25, -0.2) is 0 Å². The molecule has 0 bridgehead atoms. The molecule has 3 heteroatoms. The number of nitrogens with zero attached hydrogens (tertiary/aromatic N) is 1. The number of hydrogen-bond acceptors (Lipinski definition) is 1. The largest absolute Gasteiger partial charge is 0.371 e. The molecule has 94 valence electrons. The highest BCUT2D eigenvalue weighted by molar-refractivity contribution is 6.32. The van der Waals surface area contributed by atoms with E-state index in [1.54, 1.807) is 0 Å². The topological polar surface area (TPSA) is 3.24 Å². The predicted molar refractivity (Wildman–Crippen MR) is 76.2 cm³/mol. The summed E-state index contributed by atoms with van der Waals surface area (Å²) in [5.41, 5.74) is 2.25. The molecule has 0 spiro atoms. The van der Waals surface area contributed by atoms with Crippen LogP contribution >= 0.6 is 23.2 Å². The predicted octanol–water partition coefficient (Wildman–Crippen LogP) is 4.71. The van der Waals surface area contributed by atoms with E-state index >= 15 is 0 Å². The molecule has 1 fully saturated rings. The number of hydrogen-bond donors (Lipinski definition) is 0. The fraction of sp³-hybridized carbons (Fsp3) is 0.571. The molecule has 0 N–H and O–H groups in total. The zero-order valence-corrected chi connectivity index (χ0v) is 11.8. The summed E-state index contributed by atoms with van der Waals surface area (Å²) in [5.74, 6) is 1.38. The van der Waals surface area contributed by atoms with Crippen molar-refractivity contribution in [3.63, 3.8) is 0 Å². The summed E-state index contributed by atoms with van der Waals surface area (Å²) in [5, 5.41) is 0.786. The molecule has 0 amide bonds. The number of alkyl halides is 1. The number of rotatable bonds is 6. The zero-order valence-electron chi connectivity index (χ0n) is 10.3. The normalized spacial score (nSPS) is 15.0. The van der Waals surface area contributed by atoms with E-state index in [1.807, 2.05) is 6.07 Å². The summed E-state index contributed by atoms with van der Waals surface area (Å²) >= 11 is 12.0. The van der Waals surface area contributed by atoms with Crippen molar-refractivity contribution in [3.8, 4) is 0 Å². The second-order valence-electron chi connectivity index (χ2n) is 4.80. The molecule has 17 heavy (non-hydrogen) atoms. The van der Waals surface area contributed by atoms with Gasteiger partial charge in [0.15, 0.2) is 0 Å². The van der Waals surface area contributed by atoms with Crippen LogP contribution in [0.3, 0.4) is 0 Å². The third kappa shape index (κ3) is 3.53. The van der Waals surface area contributed by atoms with Gasteiger partial charge in [-0.2, -0.15) is 0 Å². The summed E-state index contributed by atoms with van der Waals surface area (Å²) in [6.45, 7) is 4.49.